The fourth-order valence-corrected chi connectivity index (χ4v) is 3.38. The third-order valence-corrected chi connectivity index (χ3v) is 4.93. The number of fused-ring (bicyclic) bond motifs is 1. The summed E-state index contributed by atoms with van der Waals surface area (Å²) < 4.78 is 0.893. The normalized spacial score (nSPS) is 12.9. The van der Waals surface area contributed by atoms with E-state index in [0.29, 0.717) is 12.2 Å². The number of nitrogens with one attached hydrogen (secondary N) is 1. The molecule has 6 heteroatoms. The minimum absolute atomic E-state index is 0.531. The number of rotatable bonds is 2. The number of benzene rings is 2. The lowest BCUT2D eigenvalue weighted by molar-refractivity contribution is -0.134. The molecule has 2 aromatic carbocycles. The van der Waals surface area contributed by atoms with E-state index in [1.165, 1.54) is 4.90 Å². The molecule has 0 unspecified atom stereocenters. The van der Waals surface area contributed by atoms with Gasteiger partial charge in [0.25, 0.3) is 0 Å². The van der Waals surface area contributed by atoms with Gasteiger partial charge in [0.15, 0.2) is 0 Å². The highest BCUT2D eigenvalue weighted by atomic mass is 79.9. The first kappa shape index (κ1) is 16.1. The maximum absolute atomic E-state index is 12.5. The van der Waals surface area contributed by atoms with Gasteiger partial charge in [0.05, 0.1) is 0 Å². The molecule has 0 aromatic heterocycles. The quantitative estimate of drug-likeness (QED) is 0.628. The fourth-order valence-electron chi connectivity index (χ4n) is 2.57. The fraction of sp³-hybridized carbons (Fsp3) is 0.176. The van der Waals surface area contributed by atoms with Crippen LogP contribution in [-0.4, -0.2) is 24.6 Å². The summed E-state index contributed by atoms with van der Waals surface area (Å²) in [6.07, 6.45) is 2.73. The van der Waals surface area contributed by atoms with Gasteiger partial charge >= 0.3 is 11.8 Å². The van der Waals surface area contributed by atoms with E-state index in [0.717, 1.165) is 27.0 Å². The van der Waals surface area contributed by atoms with Crippen LogP contribution in [0.15, 0.2) is 51.8 Å². The minimum Gasteiger partial charge on any atom is -0.318 e. The molecule has 3 rings (SSSR count). The number of halogens is 1. The molecule has 0 radical (unpaired) electrons. The third kappa shape index (κ3) is 3.43. The summed E-state index contributed by atoms with van der Waals surface area (Å²) in [6.45, 7) is 0.531. The van der Waals surface area contributed by atoms with Crippen LogP contribution in [0.2, 0.25) is 0 Å². The molecule has 0 saturated carbocycles. The number of carbonyl (C=O) groups is 2. The molecule has 0 fully saturated rings. The van der Waals surface area contributed by atoms with Gasteiger partial charge in [-0.15, -0.1) is 11.8 Å². The third-order valence-electron chi connectivity index (χ3n) is 3.71. The van der Waals surface area contributed by atoms with E-state index in [2.05, 4.69) is 21.2 Å². The average molecular weight is 391 g/mol. The van der Waals surface area contributed by atoms with E-state index < -0.39 is 11.8 Å². The van der Waals surface area contributed by atoms with Crippen molar-refractivity contribution in [1.82, 2.24) is 0 Å². The summed E-state index contributed by atoms with van der Waals surface area (Å²) in [4.78, 5) is 27.3. The second kappa shape index (κ2) is 6.76. The molecule has 0 atom stereocenters. The van der Waals surface area contributed by atoms with Gasteiger partial charge in [-0.1, -0.05) is 28.1 Å². The zero-order chi connectivity index (χ0) is 16.4. The van der Waals surface area contributed by atoms with Gasteiger partial charge in [-0.25, -0.2) is 0 Å². The molecule has 2 amide bonds. The molecule has 4 nitrogen and oxygen atoms in total. The average Bonchev–Trinajstić information content (AvgIpc) is 2.97. The number of carbonyl (C=O) groups excluding carboxylic acids is 2. The summed E-state index contributed by atoms with van der Waals surface area (Å²) >= 11 is 4.99. The molecule has 2 aromatic rings. The van der Waals surface area contributed by atoms with Crippen LogP contribution in [-0.2, 0) is 16.0 Å². The van der Waals surface area contributed by atoms with Crippen molar-refractivity contribution >= 4 is 50.9 Å². The molecular formula is C17H15BrN2O2S. The van der Waals surface area contributed by atoms with Crippen molar-refractivity contribution in [3.63, 3.8) is 0 Å². The van der Waals surface area contributed by atoms with Gasteiger partial charge < -0.3 is 10.2 Å². The highest BCUT2D eigenvalue weighted by molar-refractivity contribution is 9.10. The Kier molecular flexibility index (Phi) is 4.73. The summed E-state index contributed by atoms with van der Waals surface area (Å²) in [6, 6.07) is 13.2. The van der Waals surface area contributed by atoms with Crippen LogP contribution in [0.5, 0.6) is 0 Å². The second-order valence-corrected chi connectivity index (χ2v) is 6.96. The Balaban J connectivity index is 1.76. The molecule has 23 heavy (non-hydrogen) atoms. The summed E-state index contributed by atoms with van der Waals surface area (Å²) in [5, 5.41) is 2.68. The maximum atomic E-state index is 12.5. The van der Waals surface area contributed by atoms with Gasteiger partial charge in [0.2, 0.25) is 0 Å². The van der Waals surface area contributed by atoms with E-state index >= 15 is 0 Å². The van der Waals surface area contributed by atoms with E-state index in [1.807, 2.05) is 42.7 Å². The van der Waals surface area contributed by atoms with Gasteiger partial charge in [-0.2, -0.15) is 0 Å². The Bertz CT molecular complexity index is 779. The minimum atomic E-state index is -0.615. The van der Waals surface area contributed by atoms with Gasteiger partial charge in [0.1, 0.15) is 0 Å². The van der Waals surface area contributed by atoms with Crippen molar-refractivity contribution in [2.45, 2.75) is 11.3 Å². The second-order valence-electron chi connectivity index (χ2n) is 5.17. The molecule has 0 bridgehead atoms. The highest BCUT2D eigenvalue weighted by Crippen LogP contribution is 2.31. The monoisotopic (exact) mass is 390 g/mol. The van der Waals surface area contributed by atoms with E-state index in [-0.39, 0.29) is 0 Å². The van der Waals surface area contributed by atoms with Crippen molar-refractivity contribution in [3.8, 4) is 0 Å². The van der Waals surface area contributed by atoms with Crippen molar-refractivity contribution in [2.75, 3.05) is 23.0 Å². The Labute approximate surface area is 147 Å². The highest BCUT2D eigenvalue weighted by Gasteiger charge is 2.29. The van der Waals surface area contributed by atoms with Crippen molar-refractivity contribution in [2.24, 2.45) is 0 Å². The van der Waals surface area contributed by atoms with E-state index in [4.69, 9.17) is 0 Å². The predicted molar refractivity (Wildman–Crippen MR) is 97.1 cm³/mol. The maximum Gasteiger partial charge on any atom is 0.316 e. The van der Waals surface area contributed by atoms with E-state index in [1.54, 1.807) is 17.8 Å². The van der Waals surface area contributed by atoms with Gasteiger partial charge in [-0.05, 0) is 48.6 Å². The molecule has 1 aliphatic heterocycles. The molecule has 1 aliphatic rings. The van der Waals surface area contributed by atoms with Crippen molar-refractivity contribution < 1.29 is 9.59 Å². The first-order valence-corrected chi connectivity index (χ1v) is 9.15. The van der Waals surface area contributed by atoms with Gasteiger partial charge in [0, 0.05) is 27.3 Å². The van der Waals surface area contributed by atoms with Crippen LogP contribution >= 0.6 is 27.7 Å². The number of thioether (sulfide) groups is 1. The first-order chi connectivity index (χ1) is 11.1. The SMILES string of the molecule is CSc1cccc(NC(=O)C(=O)N2CCc3ccc(Br)cc32)c1. The number of nitrogens with zero attached hydrogens (tertiary/aromatic N) is 1. The van der Waals surface area contributed by atoms with E-state index in [9.17, 15) is 9.59 Å². The first-order valence-electron chi connectivity index (χ1n) is 7.14. The molecule has 0 aliphatic carbocycles. The lowest BCUT2D eigenvalue weighted by Gasteiger charge is -2.17. The lowest BCUT2D eigenvalue weighted by Crippen LogP contribution is -2.38. The van der Waals surface area contributed by atoms with Crippen LogP contribution in [0, 0.1) is 0 Å². The zero-order valence-corrected chi connectivity index (χ0v) is 14.9. The Morgan fingerprint density at radius 2 is 2.04 bits per heavy atom. The number of hydrogen-bond acceptors (Lipinski definition) is 3. The number of amides is 2. The molecule has 0 spiro atoms. The van der Waals surface area contributed by atoms with Gasteiger partial charge in [-0.3, -0.25) is 9.59 Å². The number of anilines is 2. The summed E-state index contributed by atoms with van der Waals surface area (Å²) in [7, 11) is 0. The topological polar surface area (TPSA) is 49.4 Å². The molecular weight excluding hydrogens is 376 g/mol. The number of hydrogen-bond donors (Lipinski definition) is 1. The largest absolute Gasteiger partial charge is 0.318 e. The van der Waals surface area contributed by atoms with Crippen LogP contribution in [0.25, 0.3) is 0 Å². The lowest BCUT2D eigenvalue weighted by atomic mass is 10.2. The van der Waals surface area contributed by atoms with Crippen LogP contribution in [0.1, 0.15) is 5.56 Å². The van der Waals surface area contributed by atoms with Crippen LogP contribution < -0.4 is 10.2 Å². The molecule has 118 valence electrons. The Morgan fingerprint density at radius 1 is 1.22 bits per heavy atom. The van der Waals surface area contributed by atoms with Crippen molar-refractivity contribution in [1.29, 1.82) is 0 Å². The summed E-state index contributed by atoms with van der Waals surface area (Å²) in [5.74, 6) is -1.15. The zero-order valence-electron chi connectivity index (χ0n) is 12.5. The Hall–Kier alpha value is -1.79. The molecule has 1 heterocycles. The molecule has 0 saturated heterocycles. The smallest absolute Gasteiger partial charge is 0.316 e. The van der Waals surface area contributed by atoms with Crippen LogP contribution in [0.4, 0.5) is 11.4 Å². The molecule has 1 N–H and O–H groups in total. The standard InChI is InChI=1S/C17H15BrN2O2S/c1-23-14-4-2-3-13(10-14)19-16(21)17(22)20-8-7-11-5-6-12(18)9-15(11)20/h2-6,9-10H,7-8H2,1H3,(H,19,21). The van der Waals surface area contributed by atoms with Crippen molar-refractivity contribution in [3.05, 3.63) is 52.5 Å². The Morgan fingerprint density at radius 3 is 2.83 bits per heavy atom. The predicted octanol–water partition coefficient (Wildman–Crippen LogP) is 3.70. The summed E-state index contributed by atoms with van der Waals surface area (Å²) in [5.41, 5.74) is 2.51. The van der Waals surface area contributed by atoms with Crippen LogP contribution in [0.3, 0.4) is 0 Å².